The summed E-state index contributed by atoms with van der Waals surface area (Å²) in [4.78, 5) is 0. The van der Waals surface area contributed by atoms with Crippen molar-refractivity contribution in [1.82, 2.24) is 10.3 Å². The van der Waals surface area contributed by atoms with E-state index in [-0.39, 0.29) is 0 Å². The van der Waals surface area contributed by atoms with Crippen molar-refractivity contribution >= 4 is 11.0 Å². The van der Waals surface area contributed by atoms with Gasteiger partial charge in [-0.15, -0.1) is 0 Å². The van der Waals surface area contributed by atoms with Crippen LogP contribution in [0.15, 0.2) is 16.8 Å². The van der Waals surface area contributed by atoms with Crippen LogP contribution >= 0.6 is 0 Å². The Hall–Kier alpha value is -1.78. The number of aromatic nitrogens is 2. The first-order valence-electron chi connectivity index (χ1n) is 3.95. The Labute approximate surface area is 73.2 Å². The molecule has 5 heteroatoms. The summed E-state index contributed by atoms with van der Waals surface area (Å²) in [5.41, 5.74) is 1.37. The van der Waals surface area contributed by atoms with Gasteiger partial charge in [-0.2, -0.15) is 0 Å². The second-order valence-corrected chi connectivity index (χ2v) is 2.75. The highest BCUT2D eigenvalue weighted by Crippen LogP contribution is 2.32. The first kappa shape index (κ1) is 6.71. The van der Waals surface area contributed by atoms with Crippen LogP contribution in [0, 0.1) is 0 Å². The van der Waals surface area contributed by atoms with Gasteiger partial charge in [0.05, 0.1) is 0 Å². The second-order valence-electron chi connectivity index (χ2n) is 2.75. The molecule has 0 unspecified atom stereocenters. The Morgan fingerprint density at radius 1 is 0.923 bits per heavy atom. The van der Waals surface area contributed by atoms with Crippen molar-refractivity contribution < 1.29 is 14.1 Å². The third-order valence-electron chi connectivity index (χ3n) is 1.92. The van der Waals surface area contributed by atoms with Crippen molar-refractivity contribution in [2.45, 2.75) is 0 Å². The zero-order valence-corrected chi connectivity index (χ0v) is 6.69. The normalized spacial score (nSPS) is 14.8. The van der Waals surface area contributed by atoms with E-state index >= 15 is 0 Å². The molecule has 13 heavy (non-hydrogen) atoms. The molecule has 3 rings (SSSR count). The summed E-state index contributed by atoms with van der Waals surface area (Å²) < 4.78 is 15.3. The minimum atomic E-state index is 0.573. The van der Waals surface area contributed by atoms with Crippen molar-refractivity contribution in [3.63, 3.8) is 0 Å². The maximum atomic E-state index is 5.37. The summed E-state index contributed by atoms with van der Waals surface area (Å²) in [6, 6.07) is 3.53. The summed E-state index contributed by atoms with van der Waals surface area (Å²) in [7, 11) is 0. The molecule has 0 atom stereocenters. The van der Waals surface area contributed by atoms with Crippen molar-refractivity contribution in [3.8, 4) is 11.5 Å². The molecular weight excluding hydrogens is 172 g/mol. The van der Waals surface area contributed by atoms with Crippen molar-refractivity contribution in [3.05, 3.63) is 12.1 Å². The highest BCUT2D eigenvalue weighted by Gasteiger charge is 2.14. The average molecular weight is 178 g/mol. The highest BCUT2D eigenvalue weighted by molar-refractivity contribution is 5.78. The standard InChI is InChI=1S/C8H6N2O3/c1-2-12-8-4-6-5(9-13-10-6)3-7(8)11-1/h3-4H,1-2H2. The molecule has 0 aliphatic carbocycles. The van der Waals surface area contributed by atoms with E-state index in [4.69, 9.17) is 9.47 Å². The lowest BCUT2D eigenvalue weighted by molar-refractivity contribution is 0.172. The van der Waals surface area contributed by atoms with Crippen LogP contribution in [0.4, 0.5) is 0 Å². The van der Waals surface area contributed by atoms with E-state index in [0.29, 0.717) is 35.7 Å². The van der Waals surface area contributed by atoms with E-state index in [0.717, 1.165) is 0 Å². The fraction of sp³-hybridized carbons (Fsp3) is 0.250. The lowest BCUT2D eigenvalue weighted by Gasteiger charge is -2.17. The molecule has 0 radical (unpaired) electrons. The fourth-order valence-electron chi connectivity index (χ4n) is 1.32. The van der Waals surface area contributed by atoms with Crippen LogP contribution in [0.25, 0.3) is 11.0 Å². The Kier molecular flexibility index (Phi) is 1.21. The maximum absolute atomic E-state index is 5.37. The topological polar surface area (TPSA) is 57.4 Å². The van der Waals surface area contributed by atoms with Gasteiger partial charge in [-0.1, -0.05) is 0 Å². The molecule has 5 nitrogen and oxygen atoms in total. The van der Waals surface area contributed by atoms with E-state index in [2.05, 4.69) is 14.9 Å². The molecule has 1 aliphatic heterocycles. The van der Waals surface area contributed by atoms with Crippen molar-refractivity contribution in [2.75, 3.05) is 13.2 Å². The largest absolute Gasteiger partial charge is 0.486 e. The molecule has 0 spiro atoms. The number of rotatable bonds is 0. The Morgan fingerprint density at radius 2 is 1.46 bits per heavy atom. The Bertz CT molecular complexity index is 412. The Balaban J connectivity index is 2.28. The zero-order valence-electron chi connectivity index (χ0n) is 6.69. The van der Waals surface area contributed by atoms with Gasteiger partial charge in [0.1, 0.15) is 24.2 Å². The molecule has 2 aromatic rings. The molecule has 0 amide bonds. The van der Waals surface area contributed by atoms with Crippen LogP contribution in [0.3, 0.4) is 0 Å². The number of fused-ring (bicyclic) bond motifs is 2. The van der Waals surface area contributed by atoms with E-state index in [1.807, 2.05) is 0 Å². The maximum Gasteiger partial charge on any atom is 0.163 e. The van der Waals surface area contributed by atoms with Gasteiger partial charge in [0.2, 0.25) is 0 Å². The SMILES string of the molecule is c1c2c(cc3nonc13)OCCO2. The molecule has 0 saturated carbocycles. The molecule has 1 aromatic carbocycles. The third kappa shape index (κ3) is 0.932. The van der Waals surface area contributed by atoms with Gasteiger partial charge in [-0.3, -0.25) is 0 Å². The van der Waals surface area contributed by atoms with Crippen LogP contribution in [-0.4, -0.2) is 23.5 Å². The van der Waals surface area contributed by atoms with Crippen LogP contribution in [0.1, 0.15) is 0 Å². The summed E-state index contributed by atoms with van der Waals surface area (Å²) in [5.74, 6) is 1.41. The number of hydrogen-bond acceptors (Lipinski definition) is 5. The van der Waals surface area contributed by atoms with Crippen molar-refractivity contribution in [1.29, 1.82) is 0 Å². The van der Waals surface area contributed by atoms with Gasteiger partial charge in [0.25, 0.3) is 0 Å². The summed E-state index contributed by atoms with van der Waals surface area (Å²) in [6.07, 6.45) is 0. The molecule has 0 bridgehead atoms. The van der Waals surface area contributed by atoms with Crippen LogP contribution in [-0.2, 0) is 0 Å². The monoisotopic (exact) mass is 178 g/mol. The van der Waals surface area contributed by atoms with Gasteiger partial charge in [-0.05, 0) is 10.3 Å². The summed E-state index contributed by atoms with van der Waals surface area (Å²) in [6.45, 7) is 1.15. The Morgan fingerprint density at radius 3 is 2.00 bits per heavy atom. The van der Waals surface area contributed by atoms with Crippen molar-refractivity contribution in [2.24, 2.45) is 0 Å². The molecular formula is C8H6N2O3. The first-order valence-corrected chi connectivity index (χ1v) is 3.95. The minimum absolute atomic E-state index is 0.573. The number of ether oxygens (including phenoxy) is 2. The number of hydrogen-bond donors (Lipinski definition) is 0. The molecule has 2 heterocycles. The molecule has 1 aliphatic rings. The van der Waals surface area contributed by atoms with E-state index in [1.54, 1.807) is 12.1 Å². The highest BCUT2D eigenvalue weighted by atomic mass is 16.6. The quantitative estimate of drug-likeness (QED) is 0.602. The van der Waals surface area contributed by atoms with Gasteiger partial charge >= 0.3 is 0 Å². The predicted molar refractivity (Wildman–Crippen MR) is 42.8 cm³/mol. The van der Waals surface area contributed by atoms with Gasteiger partial charge in [-0.25, -0.2) is 4.63 Å². The van der Waals surface area contributed by atoms with E-state index in [9.17, 15) is 0 Å². The average Bonchev–Trinajstić information content (AvgIpc) is 2.61. The second kappa shape index (κ2) is 2.35. The molecule has 0 N–H and O–H groups in total. The van der Waals surface area contributed by atoms with Crippen LogP contribution < -0.4 is 9.47 Å². The lowest BCUT2D eigenvalue weighted by Crippen LogP contribution is -2.15. The fourth-order valence-corrected chi connectivity index (χ4v) is 1.32. The lowest BCUT2D eigenvalue weighted by atomic mass is 10.2. The first-order chi connectivity index (χ1) is 6.43. The zero-order chi connectivity index (χ0) is 8.67. The molecule has 1 aromatic heterocycles. The predicted octanol–water partition coefficient (Wildman–Crippen LogP) is 0.994. The van der Waals surface area contributed by atoms with Gasteiger partial charge < -0.3 is 9.47 Å². The van der Waals surface area contributed by atoms with Crippen LogP contribution in [0.5, 0.6) is 11.5 Å². The smallest absolute Gasteiger partial charge is 0.163 e. The summed E-state index contributed by atoms with van der Waals surface area (Å²) >= 11 is 0. The van der Waals surface area contributed by atoms with Crippen LogP contribution in [0.2, 0.25) is 0 Å². The third-order valence-corrected chi connectivity index (χ3v) is 1.92. The molecule has 0 saturated heterocycles. The van der Waals surface area contributed by atoms with Gasteiger partial charge in [0.15, 0.2) is 11.5 Å². The molecule has 66 valence electrons. The number of nitrogens with zero attached hydrogens (tertiary/aromatic N) is 2. The molecule has 0 fully saturated rings. The van der Waals surface area contributed by atoms with E-state index in [1.165, 1.54) is 0 Å². The van der Waals surface area contributed by atoms with Gasteiger partial charge in [0, 0.05) is 12.1 Å². The summed E-state index contributed by atoms with van der Waals surface area (Å²) in [5, 5.41) is 7.41. The number of benzene rings is 1. The van der Waals surface area contributed by atoms with E-state index < -0.39 is 0 Å². The minimum Gasteiger partial charge on any atom is -0.486 e.